The zero-order valence-electron chi connectivity index (χ0n) is 20.2. The SMILES string of the molecule is CCCCCc1ccc(C(=O)N(CCc2ccc(OC)c(OC)c2)Cc2sccc2C)cc1. The molecule has 1 heterocycles. The van der Waals surface area contributed by atoms with Crippen molar-refractivity contribution >= 4 is 17.2 Å². The number of benzene rings is 2. The number of ether oxygens (including phenoxy) is 2. The Hall–Kier alpha value is -2.79. The van der Waals surface area contributed by atoms with Crippen molar-refractivity contribution in [3.63, 3.8) is 0 Å². The Kier molecular flexibility index (Phi) is 9.37. The lowest BCUT2D eigenvalue weighted by atomic mass is 10.0. The van der Waals surface area contributed by atoms with Crippen molar-refractivity contribution in [2.75, 3.05) is 20.8 Å². The number of unbranched alkanes of at least 4 members (excludes halogenated alkanes) is 2. The molecule has 1 aromatic heterocycles. The van der Waals surface area contributed by atoms with E-state index in [4.69, 9.17) is 9.47 Å². The Labute approximate surface area is 202 Å². The molecule has 0 aliphatic rings. The van der Waals surface area contributed by atoms with E-state index in [1.54, 1.807) is 25.6 Å². The maximum Gasteiger partial charge on any atom is 0.254 e. The molecule has 0 N–H and O–H groups in total. The molecule has 0 unspecified atom stereocenters. The Morgan fingerprint density at radius 1 is 0.909 bits per heavy atom. The second-order valence-corrected chi connectivity index (χ2v) is 9.35. The van der Waals surface area contributed by atoms with Gasteiger partial charge in [-0.15, -0.1) is 11.3 Å². The fourth-order valence-electron chi connectivity index (χ4n) is 3.87. The molecular weight excluding hydrogens is 430 g/mol. The predicted octanol–water partition coefficient (Wildman–Crippen LogP) is 6.69. The predicted molar refractivity (Wildman–Crippen MR) is 137 cm³/mol. The Balaban J connectivity index is 1.75. The number of nitrogens with zero attached hydrogens (tertiary/aromatic N) is 1. The van der Waals surface area contributed by atoms with Crippen LogP contribution in [0.25, 0.3) is 0 Å². The van der Waals surface area contributed by atoms with E-state index >= 15 is 0 Å². The second kappa shape index (κ2) is 12.4. The molecule has 0 saturated heterocycles. The van der Waals surface area contributed by atoms with Crippen LogP contribution in [0.2, 0.25) is 0 Å². The Morgan fingerprint density at radius 2 is 1.64 bits per heavy atom. The first-order valence-corrected chi connectivity index (χ1v) is 12.6. The molecule has 0 atom stereocenters. The lowest BCUT2D eigenvalue weighted by Crippen LogP contribution is -2.32. The van der Waals surface area contributed by atoms with Crippen LogP contribution in [0.4, 0.5) is 0 Å². The van der Waals surface area contributed by atoms with Gasteiger partial charge in [-0.3, -0.25) is 4.79 Å². The minimum Gasteiger partial charge on any atom is -0.493 e. The van der Waals surface area contributed by atoms with Gasteiger partial charge in [0.1, 0.15) is 0 Å². The summed E-state index contributed by atoms with van der Waals surface area (Å²) in [6.45, 7) is 5.57. The van der Waals surface area contributed by atoms with Gasteiger partial charge in [0.15, 0.2) is 11.5 Å². The summed E-state index contributed by atoms with van der Waals surface area (Å²) in [5, 5.41) is 2.09. The van der Waals surface area contributed by atoms with Crippen molar-refractivity contribution in [3.8, 4) is 11.5 Å². The second-order valence-electron chi connectivity index (χ2n) is 8.35. The molecule has 0 aliphatic carbocycles. The molecule has 0 fully saturated rings. The average molecular weight is 466 g/mol. The summed E-state index contributed by atoms with van der Waals surface area (Å²) in [7, 11) is 3.28. The Bertz CT molecular complexity index is 1030. The third-order valence-corrected chi connectivity index (χ3v) is 6.99. The smallest absolute Gasteiger partial charge is 0.254 e. The monoisotopic (exact) mass is 465 g/mol. The van der Waals surface area contributed by atoms with Crippen molar-refractivity contribution < 1.29 is 14.3 Å². The van der Waals surface area contributed by atoms with Crippen LogP contribution in [0.5, 0.6) is 11.5 Å². The van der Waals surface area contributed by atoms with Crippen molar-refractivity contribution in [3.05, 3.63) is 81.0 Å². The molecule has 3 rings (SSSR count). The third kappa shape index (κ3) is 6.84. The number of carbonyl (C=O) groups is 1. The van der Waals surface area contributed by atoms with Crippen LogP contribution in [0.15, 0.2) is 53.9 Å². The summed E-state index contributed by atoms with van der Waals surface area (Å²) in [6, 6.07) is 16.2. The van der Waals surface area contributed by atoms with E-state index in [1.807, 2.05) is 35.2 Å². The Morgan fingerprint density at radius 3 is 2.27 bits per heavy atom. The number of carbonyl (C=O) groups excluding carboxylic acids is 1. The summed E-state index contributed by atoms with van der Waals surface area (Å²) in [6.07, 6.45) is 5.46. The molecule has 3 aromatic rings. The zero-order chi connectivity index (χ0) is 23.6. The molecule has 1 amide bonds. The number of methoxy groups -OCH3 is 2. The van der Waals surface area contributed by atoms with Gasteiger partial charge < -0.3 is 14.4 Å². The molecule has 0 aliphatic heterocycles. The molecule has 0 radical (unpaired) electrons. The lowest BCUT2D eigenvalue weighted by molar-refractivity contribution is 0.0746. The molecule has 4 nitrogen and oxygen atoms in total. The summed E-state index contributed by atoms with van der Waals surface area (Å²) in [5.74, 6) is 1.49. The molecule has 2 aromatic carbocycles. The van der Waals surface area contributed by atoms with Crippen molar-refractivity contribution in [1.82, 2.24) is 4.90 Å². The number of aryl methyl sites for hydroxylation is 2. The van der Waals surface area contributed by atoms with E-state index in [9.17, 15) is 4.79 Å². The van der Waals surface area contributed by atoms with E-state index in [1.165, 1.54) is 35.3 Å². The minimum atomic E-state index is 0.0726. The van der Waals surface area contributed by atoms with E-state index in [0.717, 1.165) is 24.0 Å². The van der Waals surface area contributed by atoms with E-state index < -0.39 is 0 Å². The van der Waals surface area contributed by atoms with Gasteiger partial charge in [0.25, 0.3) is 5.91 Å². The van der Waals surface area contributed by atoms with Crippen LogP contribution in [0, 0.1) is 6.92 Å². The largest absolute Gasteiger partial charge is 0.493 e. The van der Waals surface area contributed by atoms with Gasteiger partial charge in [0, 0.05) is 17.0 Å². The standard InChI is InChI=1S/C28H35NO3S/c1-5-6-7-8-22-9-12-24(13-10-22)28(30)29(20-27-21(2)16-18-33-27)17-15-23-11-14-25(31-3)26(19-23)32-4/h9-14,16,18-19H,5-8,15,17,20H2,1-4H3. The summed E-state index contributed by atoms with van der Waals surface area (Å²) < 4.78 is 10.8. The average Bonchev–Trinajstić information content (AvgIpc) is 3.25. The maximum absolute atomic E-state index is 13.5. The number of rotatable bonds is 12. The fourth-order valence-corrected chi connectivity index (χ4v) is 4.79. The van der Waals surface area contributed by atoms with Crippen molar-refractivity contribution in [1.29, 1.82) is 0 Å². The van der Waals surface area contributed by atoms with E-state index in [0.29, 0.717) is 24.6 Å². The third-order valence-electron chi connectivity index (χ3n) is 5.98. The van der Waals surface area contributed by atoms with E-state index in [-0.39, 0.29) is 5.91 Å². The normalized spacial score (nSPS) is 10.8. The highest BCUT2D eigenvalue weighted by Gasteiger charge is 2.18. The minimum absolute atomic E-state index is 0.0726. The highest BCUT2D eigenvalue weighted by molar-refractivity contribution is 7.10. The first-order chi connectivity index (χ1) is 16.0. The number of hydrogen-bond acceptors (Lipinski definition) is 4. The quantitative estimate of drug-likeness (QED) is 0.280. The van der Waals surface area contributed by atoms with Crippen LogP contribution in [-0.2, 0) is 19.4 Å². The lowest BCUT2D eigenvalue weighted by Gasteiger charge is -2.23. The summed E-state index contributed by atoms with van der Waals surface area (Å²) in [4.78, 5) is 16.7. The van der Waals surface area contributed by atoms with Gasteiger partial charge in [0.2, 0.25) is 0 Å². The fraction of sp³-hybridized carbons (Fsp3) is 0.393. The van der Waals surface area contributed by atoms with Crippen LogP contribution in [0.3, 0.4) is 0 Å². The van der Waals surface area contributed by atoms with Crippen LogP contribution in [-0.4, -0.2) is 31.6 Å². The van der Waals surface area contributed by atoms with E-state index in [2.05, 4.69) is 37.4 Å². The van der Waals surface area contributed by atoms with Crippen molar-refractivity contribution in [2.24, 2.45) is 0 Å². The number of thiophene rings is 1. The van der Waals surface area contributed by atoms with Crippen LogP contribution < -0.4 is 9.47 Å². The molecule has 0 bridgehead atoms. The van der Waals surface area contributed by atoms with Gasteiger partial charge in [-0.25, -0.2) is 0 Å². The number of amides is 1. The highest BCUT2D eigenvalue weighted by atomic mass is 32.1. The number of hydrogen-bond donors (Lipinski definition) is 0. The highest BCUT2D eigenvalue weighted by Crippen LogP contribution is 2.28. The first-order valence-electron chi connectivity index (χ1n) is 11.7. The zero-order valence-corrected chi connectivity index (χ0v) is 21.0. The van der Waals surface area contributed by atoms with Crippen LogP contribution in [0.1, 0.15) is 58.1 Å². The maximum atomic E-state index is 13.5. The van der Waals surface area contributed by atoms with Gasteiger partial charge in [-0.1, -0.05) is 38.0 Å². The molecular formula is C28H35NO3S. The van der Waals surface area contributed by atoms with Crippen LogP contribution >= 0.6 is 11.3 Å². The van der Waals surface area contributed by atoms with Crippen molar-refractivity contribution in [2.45, 2.75) is 52.5 Å². The molecule has 0 saturated carbocycles. The summed E-state index contributed by atoms with van der Waals surface area (Å²) in [5.41, 5.74) is 4.39. The molecule has 33 heavy (non-hydrogen) atoms. The topological polar surface area (TPSA) is 38.8 Å². The summed E-state index contributed by atoms with van der Waals surface area (Å²) >= 11 is 1.71. The van der Waals surface area contributed by atoms with Gasteiger partial charge in [-0.2, -0.15) is 0 Å². The van der Waals surface area contributed by atoms with Gasteiger partial charge in [-0.05, 0) is 78.6 Å². The van der Waals surface area contributed by atoms with Gasteiger partial charge in [0.05, 0.1) is 20.8 Å². The van der Waals surface area contributed by atoms with Gasteiger partial charge >= 0.3 is 0 Å². The molecule has 0 spiro atoms. The molecule has 5 heteroatoms. The first kappa shape index (κ1) is 24.8. The molecule has 176 valence electrons.